The normalized spacial score (nSPS) is 25.3. The molecule has 3 rings (SSSR count). The van der Waals surface area contributed by atoms with E-state index in [4.69, 9.17) is 0 Å². The minimum Gasteiger partial charge on any atom is -0.386 e. The zero-order valence-corrected chi connectivity index (χ0v) is 11.5. The molecule has 1 saturated heterocycles. The fourth-order valence-electron chi connectivity index (χ4n) is 3.85. The first-order valence-electron chi connectivity index (χ1n) is 7.51. The van der Waals surface area contributed by atoms with E-state index >= 15 is 0 Å². The Morgan fingerprint density at radius 1 is 1.00 bits per heavy atom. The molecule has 4 nitrogen and oxygen atoms in total. The molecule has 0 aromatic carbocycles. The van der Waals surface area contributed by atoms with E-state index in [1.807, 2.05) is 0 Å². The van der Waals surface area contributed by atoms with Gasteiger partial charge < -0.3 is 5.11 Å². The number of piperidine rings is 1. The topological polar surface area (TPSA) is 49.3 Å². The summed E-state index contributed by atoms with van der Waals surface area (Å²) in [5.41, 5.74) is 0.806. The second-order valence-electron chi connectivity index (χ2n) is 5.93. The van der Waals surface area contributed by atoms with Gasteiger partial charge in [0.25, 0.3) is 0 Å². The lowest BCUT2D eigenvalue weighted by Gasteiger charge is -2.46. The smallest absolute Gasteiger partial charge is 0.115 e. The minimum atomic E-state index is -0.450. The number of nitrogens with zero attached hydrogens (tertiary/aromatic N) is 3. The summed E-state index contributed by atoms with van der Waals surface area (Å²) in [6.45, 7) is 2.26. The Bertz CT molecular complexity index is 397. The number of hydrogen-bond acceptors (Lipinski definition) is 4. The third kappa shape index (κ3) is 2.39. The van der Waals surface area contributed by atoms with E-state index in [0.29, 0.717) is 0 Å². The van der Waals surface area contributed by atoms with Gasteiger partial charge in [0.2, 0.25) is 0 Å². The monoisotopic (exact) mass is 261 g/mol. The van der Waals surface area contributed by atoms with E-state index < -0.39 is 6.10 Å². The second kappa shape index (κ2) is 5.55. The highest BCUT2D eigenvalue weighted by Crippen LogP contribution is 2.45. The molecule has 1 aromatic heterocycles. The van der Waals surface area contributed by atoms with Crippen molar-refractivity contribution in [1.29, 1.82) is 0 Å². The van der Waals surface area contributed by atoms with Crippen LogP contribution in [0.3, 0.4) is 0 Å². The molecule has 4 heteroatoms. The van der Waals surface area contributed by atoms with Gasteiger partial charge in [-0.2, -0.15) is 0 Å². The first-order valence-corrected chi connectivity index (χ1v) is 7.51. The molecule has 1 saturated carbocycles. The molecule has 0 spiro atoms. The zero-order valence-electron chi connectivity index (χ0n) is 11.5. The Morgan fingerprint density at radius 2 is 1.63 bits per heavy atom. The van der Waals surface area contributed by atoms with Gasteiger partial charge in [-0.25, -0.2) is 9.97 Å². The van der Waals surface area contributed by atoms with Crippen LogP contribution in [0.15, 0.2) is 18.7 Å². The van der Waals surface area contributed by atoms with E-state index in [-0.39, 0.29) is 5.54 Å². The molecule has 0 bridgehead atoms. The van der Waals surface area contributed by atoms with Crippen molar-refractivity contribution in [1.82, 2.24) is 14.9 Å². The van der Waals surface area contributed by atoms with E-state index in [2.05, 4.69) is 14.9 Å². The lowest BCUT2D eigenvalue weighted by Crippen LogP contribution is -2.53. The number of likely N-dealkylation sites (tertiary alicyclic amines) is 1. The first kappa shape index (κ1) is 13.0. The Kier molecular flexibility index (Phi) is 3.80. The molecule has 2 aliphatic rings. The van der Waals surface area contributed by atoms with Crippen LogP contribution in [0.2, 0.25) is 0 Å². The van der Waals surface area contributed by atoms with Crippen LogP contribution in [0.1, 0.15) is 56.6 Å². The maximum Gasteiger partial charge on any atom is 0.115 e. The van der Waals surface area contributed by atoms with Crippen LogP contribution < -0.4 is 0 Å². The minimum absolute atomic E-state index is 0.0644. The standard InChI is InChI=1S/C15H23N3O/c19-14(13-10-16-12-17-11-13)15(6-2-3-7-15)18-8-4-1-5-9-18/h10-12,14,19H,1-9H2. The fourth-order valence-corrected chi connectivity index (χ4v) is 3.85. The third-order valence-electron chi connectivity index (χ3n) is 4.86. The quantitative estimate of drug-likeness (QED) is 0.907. The number of aromatic nitrogens is 2. The lowest BCUT2D eigenvalue weighted by atomic mass is 9.83. The summed E-state index contributed by atoms with van der Waals surface area (Å²) in [6.07, 6.45) is 13.1. The molecule has 2 fully saturated rings. The molecule has 1 atom stereocenters. The number of aliphatic hydroxyl groups excluding tert-OH is 1. The Hall–Kier alpha value is -1.00. The number of rotatable bonds is 3. The molecule has 1 unspecified atom stereocenters. The molecule has 1 N–H and O–H groups in total. The summed E-state index contributed by atoms with van der Waals surface area (Å²) in [7, 11) is 0. The van der Waals surface area contributed by atoms with Gasteiger partial charge in [-0.3, -0.25) is 4.90 Å². The highest BCUT2D eigenvalue weighted by atomic mass is 16.3. The summed E-state index contributed by atoms with van der Waals surface area (Å²) >= 11 is 0. The average Bonchev–Trinajstić information content (AvgIpc) is 2.99. The summed E-state index contributed by atoms with van der Waals surface area (Å²) in [5, 5.41) is 10.9. The average molecular weight is 261 g/mol. The molecule has 104 valence electrons. The lowest BCUT2D eigenvalue weighted by molar-refractivity contribution is -0.0408. The Labute approximate surface area is 114 Å². The van der Waals surface area contributed by atoms with Crippen molar-refractivity contribution in [3.05, 3.63) is 24.3 Å². The van der Waals surface area contributed by atoms with Crippen molar-refractivity contribution in [2.24, 2.45) is 0 Å². The summed E-state index contributed by atoms with van der Waals surface area (Å²) in [6, 6.07) is 0. The highest BCUT2D eigenvalue weighted by Gasteiger charge is 2.46. The van der Waals surface area contributed by atoms with Gasteiger partial charge in [0.05, 0.1) is 5.54 Å². The van der Waals surface area contributed by atoms with Crippen molar-refractivity contribution in [3.8, 4) is 0 Å². The molecule has 0 amide bonds. The largest absolute Gasteiger partial charge is 0.386 e. The van der Waals surface area contributed by atoms with Crippen LogP contribution in [-0.4, -0.2) is 38.6 Å². The third-order valence-corrected chi connectivity index (χ3v) is 4.86. The summed E-state index contributed by atoms with van der Waals surface area (Å²) in [4.78, 5) is 10.7. The van der Waals surface area contributed by atoms with Crippen molar-refractivity contribution in [3.63, 3.8) is 0 Å². The van der Waals surface area contributed by atoms with Gasteiger partial charge in [0.15, 0.2) is 0 Å². The van der Waals surface area contributed by atoms with Crippen molar-refractivity contribution >= 4 is 0 Å². The molecular weight excluding hydrogens is 238 g/mol. The van der Waals surface area contributed by atoms with E-state index in [1.165, 1.54) is 38.4 Å². The Morgan fingerprint density at radius 3 is 2.26 bits per heavy atom. The SMILES string of the molecule is OC(c1cncnc1)C1(N2CCCCC2)CCCC1. The molecule has 19 heavy (non-hydrogen) atoms. The van der Waals surface area contributed by atoms with Gasteiger partial charge in [-0.15, -0.1) is 0 Å². The van der Waals surface area contributed by atoms with E-state index in [9.17, 15) is 5.11 Å². The molecule has 1 aromatic rings. The van der Waals surface area contributed by atoms with E-state index in [1.54, 1.807) is 12.4 Å². The predicted molar refractivity (Wildman–Crippen MR) is 73.6 cm³/mol. The van der Waals surface area contributed by atoms with Crippen LogP contribution in [0.4, 0.5) is 0 Å². The molecule has 2 heterocycles. The molecule has 0 radical (unpaired) electrons. The summed E-state index contributed by atoms with van der Waals surface area (Å²) in [5.74, 6) is 0. The number of hydrogen-bond donors (Lipinski definition) is 1. The van der Waals surface area contributed by atoms with Crippen LogP contribution in [-0.2, 0) is 0 Å². The van der Waals surface area contributed by atoms with Crippen LogP contribution in [0, 0.1) is 0 Å². The van der Waals surface area contributed by atoms with Crippen LogP contribution in [0.5, 0.6) is 0 Å². The molecule has 1 aliphatic carbocycles. The molecule has 1 aliphatic heterocycles. The van der Waals surface area contributed by atoms with Crippen LogP contribution >= 0.6 is 0 Å². The van der Waals surface area contributed by atoms with Crippen molar-refractivity contribution < 1.29 is 5.11 Å². The summed E-state index contributed by atoms with van der Waals surface area (Å²) < 4.78 is 0. The van der Waals surface area contributed by atoms with Gasteiger partial charge in [0, 0.05) is 18.0 Å². The zero-order chi connectivity index (χ0) is 13.1. The van der Waals surface area contributed by atoms with Crippen molar-refractivity contribution in [2.75, 3.05) is 13.1 Å². The Balaban J connectivity index is 1.87. The highest BCUT2D eigenvalue weighted by molar-refractivity contribution is 5.16. The second-order valence-corrected chi connectivity index (χ2v) is 5.93. The van der Waals surface area contributed by atoms with Crippen molar-refractivity contribution in [2.45, 2.75) is 56.6 Å². The maximum atomic E-state index is 10.9. The maximum absolute atomic E-state index is 10.9. The fraction of sp³-hybridized carbons (Fsp3) is 0.733. The number of aliphatic hydroxyl groups is 1. The first-order chi connectivity index (χ1) is 9.33. The van der Waals surface area contributed by atoms with Gasteiger partial charge >= 0.3 is 0 Å². The molecular formula is C15H23N3O. The van der Waals surface area contributed by atoms with Gasteiger partial charge in [-0.05, 0) is 38.8 Å². The predicted octanol–water partition coefficient (Wildman–Crippen LogP) is 2.31. The van der Waals surface area contributed by atoms with Gasteiger partial charge in [0.1, 0.15) is 12.4 Å². The van der Waals surface area contributed by atoms with Gasteiger partial charge in [-0.1, -0.05) is 19.3 Å². The van der Waals surface area contributed by atoms with Crippen LogP contribution in [0.25, 0.3) is 0 Å². The van der Waals surface area contributed by atoms with E-state index in [0.717, 1.165) is 31.5 Å².